The number of carbonyl (C=O) groups excluding carboxylic acids is 1. The molecule has 8 heteroatoms. The second-order valence-electron chi connectivity index (χ2n) is 9.44. The first-order chi connectivity index (χ1) is 16.7. The van der Waals surface area contributed by atoms with Crippen molar-refractivity contribution in [3.8, 4) is 11.4 Å². The van der Waals surface area contributed by atoms with Crippen LogP contribution in [0.3, 0.4) is 0 Å². The summed E-state index contributed by atoms with van der Waals surface area (Å²) in [5, 5.41) is 11.9. The number of cyclic esters (lactones) is 1. The molecule has 1 unspecified atom stereocenters. The smallest absolute Gasteiger partial charge is 0.343 e. The lowest BCUT2D eigenvalue weighted by Crippen LogP contribution is -2.44. The first-order valence-corrected chi connectivity index (χ1v) is 12.1. The molecule has 2 aliphatic heterocycles. The molecule has 2 aromatic heterocycles. The summed E-state index contributed by atoms with van der Waals surface area (Å²) in [6.07, 6.45) is 1.68. The number of hydrogen-bond acceptors (Lipinski definition) is 6. The largest absolute Gasteiger partial charge is 0.458 e. The molecule has 0 radical (unpaired) electrons. The fourth-order valence-electron chi connectivity index (χ4n) is 5.19. The number of nitrogens with zero attached hydrogens (tertiary/aromatic N) is 2. The normalized spacial score (nSPS) is 19.3. The van der Waals surface area contributed by atoms with E-state index in [9.17, 15) is 19.1 Å². The van der Waals surface area contributed by atoms with Crippen LogP contribution < -0.4 is 5.56 Å². The van der Waals surface area contributed by atoms with Gasteiger partial charge in [0.05, 0.1) is 35.1 Å². The molecule has 0 spiro atoms. The zero-order valence-electron chi connectivity index (χ0n) is 20.4. The van der Waals surface area contributed by atoms with Gasteiger partial charge >= 0.3 is 5.97 Å². The predicted octanol–water partition coefficient (Wildman–Crippen LogP) is 4.40. The van der Waals surface area contributed by atoms with Crippen LogP contribution in [-0.2, 0) is 33.0 Å². The van der Waals surface area contributed by atoms with Crippen molar-refractivity contribution in [3.05, 3.63) is 62.2 Å². The molecule has 7 nitrogen and oxygen atoms in total. The van der Waals surface area contributed by atoms with Crippen molar-refractivity contribution >= 4 is 16.9 Å². The average molecular weight is 481 g/mol. The molecule has 1 aromatic carbocycles. The Morgan fingerprint density at radius 3 is 2.74 bits per heavy atom. The van der Waals surface area contributed by atoms with Gasteiger partial charge in [-0.05, 0) is 49.9 Å². The number of hydrogen-bond donors (Lipinski definition) is 1. The number of pyridine rings is 2. The lowest BCUT2D eigenvalue weighted by Gasteiger charge is -2.31. The van der Waals surface area contributed by atoms with Crippen LogP contribution in [0.15, 0.2) is 23.0 Å². The average Bonchev–Trinajstić information content (AvgIpc) is 3.19. The highest BCUT2D eigenvalue weighted by molar-refractivity contribution is 5.90. The highest BCUT2D eigenvalue weighted by atomic mass is 19.1. The van der Waals surface area contributed by atoms with Gasteiger partial charge in [0, 0.05) is 29.2 Å². The molecular weight excluding hydrogens is 451 g/mol. The summed E-state index contributed by atoms with van der Waals surface area (Å²) < 4.78 is 27.4. The second-order valence-corrected chi connectivity index (χ2v) is 9.44. The van der Waals surface area contributed by atoms with E-state index in [1.54, 1.807) is 30.5 Å². The molecular formula is C27H29FN2O5. The van der Waals surface area contributed by atoms with Gasteiger partial charge in [0.25, 0.3) is 5.56 Å². The zero-order valence-corrected chi connectivity index (χ0v) is 20.4. The van der Waals surface area contributed by atoms with Gasteiger partial charge in [0.15, 0.2) is 5.60 Å². The lowest BCUT2D eigenvalue weighted by atomic mass is 9.86. The monoisotopic (exact) mass is 480 g/mol. The molecule has 5 rings (SSSR count). The van der Waals surface area contributed by atoms with Crippen molar-refractivity contribution in [2.75, 3.05) is 6.61 Å². The highest BCUT2D eigenvalue weighted by Crippen LogP contribution is 2.42. The number of esters is 1. The number of unbranched alkanes of at least 4 members (excludes halogenated alkanes) is 1. The Labute approximate surface area is 202 Å². The van der Waals surface area contributed by atoms with Crippen molar-refractivity contribution < 1.29 is 23.8 Å². The zero-order chi connectivity index (χ0) is 25.1. The molecule has 4 heterocycles. The maximum Gasteiger partial charge on any atom is 0.343 e. The Kier molecular flexibility index (Phi) is 5.76. The Balaban J connectivity index is 1.77. The molecule has 0 aliphatic carbocycles. The van der Waals surface area contributed by atoms with Gasteiger partial charge in [-0.3, -0.25) is 4.79 Å². The Hall–Kier alpha value is -3.10. The lowest BCUT2D eigenvalue weighted by molar-refractivity contribution is -0.172. The minimum Gasteiger partial charge on any atom is -0.458 e. The minimum atomic E-state index is -1.90. The number of fused-ring (bicyclic) bond motifs is 5. The van der Waals surface area contributed by atoms with Gasteiger partial charge in [-0.15, -0.1) is 0 Å². The Bertz CT molecular complexity index is 1430. The van der Waals surface area contributed by atoms with Gasteiger partial charge in [0.2, 0.25) is 0 Å². The van der Waals surface area contributed by atoms with E-state index >= 15 is 0 Å². The van der Waals surface area contributed by atoms with E-state index in [1.807, 2.05) is 6.92 Å². The van der Waals surface area contributed by atoms with E-state index in [-0.39, 0.29) is 48.2 Å². The highest BCUT2D eigenvalue weighted by Gasteiger charge is 2.45. The molecule has 2 aliphatic rings. The summed E-state index contributed by atoms with van der Waals surface area (Å²) in [7, 11) is 0. The van der Waals surface area contributed by atoms with Gasteiger partial charge in [-0.25, -0.2) is 14.2 Å². The predicted molar refractivity (Wildman–Crippen MR) is 128 cm³/mol. The van der Waals surface area contributed by atoms with Crippen molar-refractivity contribution in [1.82, 2.24) is 9.55 Å². The number of rotatable bonds is 6. The number of benzene rings is 1. The molecule has 1 N–H and O–H groups in total. The molecule has 0 saturated heterocycles. The second kappa shape index (κ2) is 8.53. The molecule has 0 saturated carbocycles. The van der Waals surface area contributed by atoms with Crippen molar-refractivity contribution in [2.45, 2.75) is 71.8 Å². The number of aryl methyl sites for hydroxylation is 1. The molecule has 0 amide bonds. The fraction of sp³-hybridized carbons (Fsp3) is 0.444. The summed E-state index contributed by atoms with van der Waals surface area (Å²) in [5.74, 6) is -1.13. The van der Waals surface area contributed by atoms with Crippen molar-refractivity contribution in [2.24, 2.45) is 0 Å². The van der Waals surface area contributed by atoms with Gasteiger partial charge in [-0.1, -0.05) is 20.3 Å². The first kappa shape index (κ1) is 23.6. The maximum absolute atomic E-state index is 14.5. The van der Waals surface area contributed by atoms with E-state index in [0.717, 1.165) is 29.4 Å². The molecule has 0 bridgehead atoms. The van der Waals surface area contributed by atoms with E-state index < -0.39 is 11.6 Å². The van der Waals surface area contributed by atoms with E-state index in [2.05, 4.69) is 6.92 Å². The number of carbonyl (C=O) groups is 1. The van der Waals surface area contributed by atoms with Crippen LogP contribution in [0.25, 0.3) is 22.3 Å². The summed E-state index contributed by atoms with van der Waals surface area (Å²) in [6.45, 7) is 8.10. The fourth-order valence-corrected chi connectivity index (χ4v) is 5.19. The number of aliphatic hydroxyl groups is 1. The van der Waals surface area contributed by atoms with Crippen LogP contribution in [0.5, 0.6) is 0 Å². The van der Waals surface area contributed by atoms with Gasteiger partial charge in [0.1, 0.15) is 12.4 Å². The standard InChI is InChI=1S/C27H29FN2O5/c1-5-7-8-34-15(4)23-16-9-14(3)20(28)11-21(16)29-24-17(23)12-30-22(24)10-19-18(25(30)31)13-35-26(32)27(19,33)6-2/h9-11,15,33H,5-8,12-13H2,1-4H3/t15?,27-/m0/s1. The van der Waals surface area contributed by atoms with E-state index in [1.165, 1.54) is 6.07 Å². The van der Waals surface area contributed by atoms with Crippen LogP contribution in [0.4, 0.5) is 4.39 Å². The van der Waals surface area contributed by atoms with Crippen LogP contribution >= 0.6 is 0 Å². The van der Waals surface area contributed by atoms with E-state index in [0.29, 0.717) is 29.1 Å². The maximum atomic E-state index is 14.5. The third-order valence-corrected chi connectivity index (χ3v) is 7.28. The molecule has 2 atom stereocenters. The van der Waals surface area contributed by atoms with Gasteiger partial charge < -0.3 is 19.1 Å². The van der Waals surface area contributed by atoms with Crippen LogP contribution in [0, 0.1) is 12.7 Å². The topological polar surface area (TPSA) is 90.6 Å². The minimum absolute atomic E-state index is 0.0672. The van der Waals surface area contributed by atoms with Crippen molar-refractivity contribution in [1.29, 1.82) is 0 Å². The summed E-state index contributed by atoms with van der Waals surface area (Å²) in [6, 6.07) is 4.86. The summed E-state index contributed by atoms with van der Waals surface area (Å²) in [4.78, 5) is 30.7. The number of ether oxygens (including phenoxy) is 2. The summed E-state index contributed by atoms with van der Waals surface area (Å²) in [5.41, 5.74) is 2.02. The van der Waals surface area contributed by atoms with Crippen LogP contribution in [0.2, 0.25) is 0 Å². The van der Waals surface area contributed by atoms with Gasteiger partial charge in [-0.2, -0.15) is 0 Å². The van der Waals surface area contributed by atoms with E-state index in [4.69, 9.17) is 14.5 Å². The number of aromatic nitrogens is 2. The molecule has 184 valence electrons. The van der Waals surface area contributed by atoms with Crippen LogP contribution in [0.1, 0.15) is 74.0 Å². The first-order valence-electron chi connectivity index (χ1n) is 12.1. The third kappa shape index (κ3) is 3.50. The Morgan fingerprint density at radius 2 is 2.03 bits per heavy atom. The van der Waals surface area contributed by atoms with Crippen LogP contribution in [-0.4, -0.2) is 27.2 Å². The quantitative estimate of drug-likeness (QED) is 0.325. The number of halogens is 1. The molecule has 0 fully saturated rings. The Morgan fingerprint density at radius 1 is 1.26 bits per heavy atom. The van der Waals surface area contributed by atoms with Crippen molar-refractivity contribution in [3.63, 3.8) is 0 Å². The molecule has 3 aromatic rings. The SMILES string of the molecule is CCCCOC(C)c1c2c(nc3cc(F)c(C)cc13)-c1cc3c(c(=O)n1C2)COC(=O)[C@]3(O)CC. The summed E-state index contributed by atoms with van der Waals surface area (Å²) >= 11 is 0. The third-order valence-electron chi connectivity index (χ3n) is 7.28. The molecule has 35 heavy (non-hydrogen) atoms.